The molecule has 1 rings (SSSR count). The molecule has 0 saturated heterocycles. The average molecular weight is 241 g/mol. The molecule has 1 aliphatic rings. The van der Waals surface area contributed by atoms with E-state index in [2.05, 4.69) is 34.6 Å². The van der Waals surface area contributed by atoms with Crippen LogP contribution < -0.4 is 5.73 Å². The van der Waals surface area contributed by atoms with Crippen LogP contribution in [0.25, 0.3) is 0 Å². The molecular formula is C15H31NO. The molecule has 0 heterocycles. The first kappa shape index (κ1) is 15.0. The van der Waals surface area contributed by atoms with Gasteiger partial charge in [-0.05, 0) is 36.5 Å². The van der Waals surface area contributed by atoms with Crippen molar-refractivity contribution >= 4 is 0 Å². The summed E-state index contributed by atoms with van der Waals surface area (Å²) in [6.45, 7) is 12.3. The van der Waals surface area contributed by atoms with Crippen molar-refractivity contribution in [1.29, 1.82) is 0 Å². The maximum absolute atomic E-state index is 6.19. The summed E-state index contributed by atoms with van der Waals surface area (Å²) < 4.78 is 6.00. The molecule has 0 radical (unpaired) electrons. The van der Waals surface area contributed by atoms with Gasteiger partial charge in [0.1, 0.15) is 0 Å². The zero-order valence-electron chi connectivity index (χ0n) is 12.3. The normalized spacial score (nSPS) is 30.9. The van der Waals surface area contributed by atoms with Crippen molar-refractivity contribution in [3.8, 4) is 0 Å². The molecule has 17 heavy (non-hydrogen) atoms. The Kier molecular flexibility index (Phi) is 5.46. The molecule has 0 bridgehead atoms. The molecule has 0 spiro atoms. The molecule has 1 aliphatic carbocycles. The molecular weight excluding hydrogens is 210 g/mol. The molecule has 3 unspecified atom stereocenters. The van der Waals surface area contributed by atoms with Crippen LogP contribution in [0, 0.1) is 17.3 Å². The third-order valence-electron chi connectivity index (χ3n) is 4.50. The van der Waals surface area contributed by atoms with Crippen LogP contribution in [-0.2, 0) is 4.74 Å². The van der Waals surface area contributed by atoms with Gasteiger partial charge < -0.3 is 10.5 Å². The van der Waals surface area contributed by atoms with E-state index in [-0.39, 0.29) is 12.1 Å². The first-order chi connectivity index (χ1) is 7.86. The van der Waals surface area contributed by atoms with E-state index in [1.54, 1.807) is 0 Å². The van der Waals surface area contributed by atoms with Crippen molar-refractivity contribution in [2.24, 2.45) is 23.0 Å². The van der Waals surface area contributed by atoms with Gasteiger partial charge in [-0.2, -0.15) is 0 Å². The smallest absolute Gasteiger partial charge is 0.0728 e. The van der Waals surface area contributed by atoms with Gasteiger partial charge in [0, 0.05) is 12.6 Å². The Balaban J connectivity index is 2.53. The first-order valence-electron chi connectivity index (χ1n) is 7.24. The number of hydrogen-bond donors (Lipinski definition) is 1. The summed E-state index contributed by atoms with van der Waals surface area (Å²) in [4.78, 5) is 0. The molecule has 1 saturated carbocycles. The minimum Gasteiger partial charge on any atom is -0.376 e. The minimum absolute atomic E-state index is 0.248. The van der Waals surface area contributed by atoms with E-state index in [4.69, 9.17) is 10.5 Å². The largest absolute Gasteiger partial charge is 0.376 e. The molecule has 0 aromatic carbocycles. The highest BCUT2D eigenvalue weighted by atomic mass is 16.5. The molecule has 2 heteroatoms. The van der Waals surface area contributed by atoms with E-state index < -0.39 is 0 Å². The topological polar surface area (TPSA) is 35.2 Å². The number of nitrogens with two attached hydrogens (primary N) is 1. The van der Waals surface area contributed by atoms with Crippen LogP contribution in [0.1, 0.15) is 60.3 Å². The summed E-state index contributed by atoms with van der Waals surface area (Å²) in [5, 5.41) is 0. The quantitative estimate of drug-likeness (QED) is 0.798. The Morgan fingerprint density at radius 2 is 1.94 bits per heavy atom. The van der Waals surface area contributed by atoms with E-state index in [0.717, 1.165) is 25.4 Å². The predicted molar refractivity (Wildman–Crippen MR) is 74.0 cm³/mol. The van der Waals surface area contributed by atoms with E-state index in [1.165, 1.54) is 12.8 Å². The lowest BCUT2D eigenvalue weighted by molar-refractivity contribution is -0.0319. The predicted octanol–water partition coefficient (Wildman–Crippen LogP) is 3.59. The fourth-order valence-corrected chi connectivity index (χ4v) is 2.66. The SMILES string of the molecule is CCC(C)(C)C1CCC(N)C(OCC(C)C)C1. The van der Waals surface area contributed by atoms with Gasteiger partial charge in [-0.1, -0.05) is 41.0 Å². The summed E-state index contributed by atoms with van der Waals surface area (Å²) in [5.74, 6) is 1.37. The highest BCUT2D eigenvalue weighted by molar-refractivity contribution is 4.89. The number of rotatable bonds is 5. The van der Waals surface area contributed by atoms with Crippen LogP contribution in [0.5, 0.6) is 0 Å². The first-order valence-corrected chi connectivity index (χ1v) is 7.24. The Bertz CT molecular complexity index is 225. The third-order valence-corrected chi connectivity index (χ3v) is 4.50. The lowest BCUT2D eigenvalue weighted by Gasteiger charge is -2.42. The monoisotopic (exact) mass is 241 g/mol. The van der Waals surface area contributed by atoms with E-state index in [0.29, 0.717) is 11.3 Å². The third kappa shape index (κ3) is 4.26. The van der Waals surface area contributed by atoms with Gasteiger partial charge in [-0.15, -0.1) is 0 Å². The van der Waals surface area contributed by atoms with Crippen LogP contribution in [0.4, 0.5) is 0 Å². The molecule has 3 atom stereocenters. The van der Waals surface area contributed by atoms with Crippen LogP contribution in [0.15, 0.2) is 0 Å². The second-order valence-electron chi connectivity index (χ2n) is 6.78. The average Bonchev–Trinajstić information content (AvgIpc) is 2.27. The van der Waals surface area contributed by atoms with Crippen molar-refractivity contribution in [3.63, 3.8) is 0 Å². The maximum Gasteiger partial charge on any atom is 0.0728 e. The molecule has 0 aromatic heterocycles. The Labute approximate surface area is 107 Å². The lowest BCUT2D eigenvalue weighted by Crippen LogP contribution is -2.45. The van der Waals surface area contributed by atoms with Gasteiger partial charge in [0.25, 0.3) is 0 Å². The van der Waals surface area contributed by atoms with Gasteiger partial charge in [-0.25, -0.2) is 0 Å². The Morgan fingerprint density at radius 3 is 2.47 bits per heavy atom. The standard InChI is InChI=1S/C15H31NO/c1-6-15(4,5)12-7-8-13(16)14(9-12)17-10-11(2)3/h11-14H,6-10,16H2,1-5H3. The van der Waals surface area contributed by atoms with Crippen LogP contribution in [0.3, 0.4) is 0 Å². The minimum atomic E-state index is 0.248. The summed E-state index contributed by atoms with van der Waals surface area (Å²) in [7, 11) is 0. The van der Waals surface area contributed by atoms with E-state index in [9.17, 15) is 0 Å². The molecule has 0 aromatic rings. The zero-order chi connectivity index (χ0) is 13.1. The van der Waals surface area contributed by atoms with Gasteiger partial charge in [0.15, 0.2) is 0 Å². The summed E-state index contributed by atoms with van der Waals surface area (Å²) in [6, 6.07) is 0.248. The van der Waals surface area contributed by atoms with E-state index >= 15 is 0 Å². The number of hydrogen-bond acceptors (Lipinski definition) is 2. The summed E-state index contributed by atoms with van der Waals surface area (Å²) >= 11 is 0. The zero-order valence-corrected chi connectivity index (χ0v) is 12.3. The Hall–Kier alpha value is -0.0800. The van der Waals surface area contributed by atoms with Gasteiger partial charge in [0.05, 0.1) is 6.10 Å². The van der Waals surface area contributed by atoms with Crippen molar-refractivity contribution in [1.82, 2.24) is 0 Å². The lowest BCUT2D eigenvalue weighted by atomic mass is 9.68. The van der Waals surface area contributed by atoms with E-state index in [1.807, 2.05) is 0 Å². The molecule has 0 aliphatic heterocycles. The summed E-state index contributed by atoms with van der Waals surface area (Å²) in [5.41, 5.74) is 6.62. The maximum atomic E-state index is 6.19. The molecule has 0 amide bonds. The second-order valence-corrected chi connectivity index (χ2v) is 6.78. The van der Waals surface area contributed by atoms with Crippen molar-refractivity contribution in [2.45, 2.75) is 72.4 Å². The Morgan fingerprint density at radius 1 is 1.29 bits per heavy atom. The molecule has 2 N–H and O–H groups in total. The fourth-order valence-electron chi connectivity index (χ4n) is 2.66. The van der Waals surface area contributed by atoms with Gasteiger partial charge in [-0.3, -0.25) is 0 Å². The highest BCUT2D eigenvalue weighted by Gasteiger charge is 2.36. The fraction of sp³-hybridized carbons (Fsp3) is 1.00. The van der Waals surface area contributed by atoms with Crippen LogP contribution in [-0.4, -0.2) is 18.8 Å². The molecule has 102 valence electrons. The van der Waals surface area contributed by atoms with Gasteiger partial charge >= 0.3 is 0 Å². The summed E-state index contributed by atoms with van der Waals surface area (Å²) in [6.07, 6.45) is 5.06. The van der Waals surface area contributed by atoms with Crippen molar-refractivity contribution in [3.05, 3.63) is 0 Å². The van der Waals surface area contributed by atoms with Crippen LogP contribution in [0.2, 0.25) is 0 Å². The number of ether oxygens (including phenoxy) is 1. The second kappa shape index (κ2) is 6.19. The van der Waals surface area contributed by atoms with Gasteiger partial charge in [0.2, 0.25) is 0 Å². The van der Waals surface area contributed by atoms with Crippen molar-refractivity contribution < 1.29 is 4.74 Å². The van der Waals surface area contributed by atoms with Crippen LogP contribution >= 0.6 is 0 Å². The highest BCUT2D eigenvalue weighted by Crippen LogP contribution is 2.40. The van der Waals surface area contributed by atoms with Crippen molar-refractivity contribution in [2.75, 3.05) is 6.61 Å². The molecule has 2 nitrogen and oxygen atoms in total. The molecule has 1 fully saturated rings.